The van der Waals surface area contributed by atoms with Crippen molar-refractivity contribution < 1.29 is 14.2 Å². The van der Waals surface area contributed by atoms with Gasteiger partial charge in [0.25, 0.3) is 0 Å². The average molecular weight is 441 g/mol. The summed E-state index contributed by atoms with van der Waals surface area (Å²) in [5.74, 6) is 0.872. The summed E-state index contributed by atoms with van der Waals surface area (Å²) in [6, 6.07) is 0. The second-order valence-corrected chi connectivity index (χ2v) is 5.84. The number of nitrogens with zero attached hydrogens (tertiary/aromatic N) is 1. The van der Waals surface area contributed by atoms with E-state index in [0.717, 1.165) is 77.7 Å². The van der Waals surface area contributed by atoms with Crippen molar-refractivity contribution in [1.82, 2.24) is 10.6 Å². The van der Waals surface area contributed by atoms with E-state index in [0.29, 0.717) is 12.2 Å². The second kappa shape index (κ2) is 13.2. The molecule has 0 bridgehead atoms. The molecule has 6 nitrogen and oxygen atoms in total. The van der Waals surface area contributed by atoms with Gasteiger partial charge in [-0.05, 0) is 39.0 Å². The molecular weight excluding hydrogens is 409 g/mol. The summed E-state index contributed by atoms with van der Waals surface area (Å²) < 4.78 is 16.8. The van der Waals surface area contributed by atoms with Crippen LogP contribution in [-0.4, -0.2) is 64.2 Å². The smallest absolute Gasteiger partial charge is 0.191 e. The van der Waals surface area contributed by atoms with Gasteiger partial charge >= 0.3 is 0 Å². The van der Waals surface area contributed by atoms with Crippen LogP contribution < -0.4 is 10.6 Å². The Morgan fingerprint density at radius 3 is 2.52 bits per heavy atom. The Bertz CT molecular complexity index is 320. The highest BCUT2D eigenvalue weighted by Crippen LogP contribution is 2.12. The van der Waals surface area contributed by atoms with E-state index in [-0.39, 0.29) is 24.0 Å². The van der Waals surface area contributed by atoms with E-state index < -0.39 is 0 Å². The number of nitrogens with one attached hydrogen (secondary N) is 2. The highest BCUT2D eigenvalue weighted by atomic mass is 127. The Kier molecular flexibility index (Phi) is 12.0. The highest BCUT2D eigenvalue weighted by Gasteiger charge is 2.15. The molecule has 0 aromatic heterocycles. The molecule has 2 unspecified atom stereocenters. The fraction of sp³-hybridized carbons (Fsp3) is 0.938. The Morgan fingerprint density at radius 1 is 1.13 bits per heavy atom. The van der Waals surface area contributed by atoms with Gasteiger partial charge in [-0.3, -0.25) is 4.99 Å². The molecule has 2 aliphatic rings. The van der Waals surface area contributed by atoms with E-state index in [1.54, 1.807) is 0 Å². The second-order valence-electron chi connectivity index (χ2n) is 5.84. The quantitative estimate of drug-likeness (QED) is 0.248. The van der Waals surface area contributed by atoms with Crippen molar-refractivity contribution in [3.05, 3.63) is 0 Å². The molecule has 2 aliphatic heterocycles. The van der Waals surface area contributed by atoms with Gasteiger partial charge in [-0.1, -0.05) is 0 Å². The molecule has 0 amide bonds. The maximum absolute atomic E-state index is 5.66. The summed E-state index contributed by atoms with van der Waals surface area (Å²) in [5, 5.41) is 6.61. The van der Waals surface area contributed by atoms with E-state index in [1.165, 1.54) is 6.42 Å². The van der Waals surface area contributed by atoms with Crippen LogP contribution >= 0.6 is 24.0 Å². The summed E-state index contributed by atoms with van der Waals surface area (Å²) in [6.07, 6.45) is 6.17. The van der Waals surface area contributed by atoms with Gasteiger partial charge in [0, 0.05) is 32.9 Å². The maximum Gasteiger partial charge on any atom is 0.191 e. The van der Waals surface area contributed by atoms with E-state index in [1.807, 2.05) is 0 Å². The van der Waals surface area contributed by atoms with Crippen LogP contribution in [0.25, 0.3) is 0 Å². The van der Waals surface area contributed by atoms with E-state index >= 15 is 0 Å². The number of ether oxygens (including phenoxy) is 3. The molecule has 2 heterocycles. The molecular formula is C16H32IN3O3. The first kappa shape index (κ1) is 20.9. The Labute approximate surface area is 157 Å². The lowest BCUT2D eigenvalue weighted by Gasteiger charge is -2.13. The number of rotatable bonds is 9. The van der Waals surface area contributed by atoms with Gasteiger partial charge in [0.05, 0.1) is 25.4 Å². The molecule has 2 rings (SSSR count). The first-order valence-electron chi connectivity index (χ1n) is 8.71. The van der Waals surface area contributed by atoms with Crippen molar-refractivity contribution in [2.45, 2.75) is 51.2 Å². The largest absolute Gasteiger partial charge is 0.379 e. The average Bonchev–Trinajstić information content (AvgIpc) is 3.21. The molecule has 2 fully saturated rings. The van der Waals surface area contributed by atoms with Crippen LogP contribution in [0.3, 0.4) is 0 Å². The molecule has 0 aromatic rings. The van der Waals surface area contributed by atoms with Crippen LogP contribution in [0.1, 0.15) is 39.0 Å². The van der Waals surface area contributed by atoms with E-state index in [2.05, 4.69) is 22.5 Å². The van der Waals surface area contributed by atoms with Crippen molar-refractivity contribution in [2.75, 3.05) is 46.1 Å². The lowest BCUT2D eigenvalue weighted by atomic mass is 10.2. The van der Waals surface area contributed by atoms with Crippen LogP contribution in [0.15, 0.2) is 4.99 Å². The fourth-order valence-corrected chi connectivity index (χ4v) is 2.69. The first-order chi connectivity index (χ1) is 10.9. The van der Waals surface area contributed by atoms with Crippen LogP contribution in [0, 0.1) is 0 Å². The predicted octanol–water partition coefficient (Wildman–Crippen LogP) is 1.92. The monoisotopic (exact) mass is 441 g/mol. The summed E-state index contributed by atoms with van der Waals surface area (Å²) in [7, 11) is 0. The van der Waals surface area contributed by atoms with Crippen LogP contribution in [0.4, 0.5) is 0 Å². The molecule has 23 heavy (non-hydrogen) atoms. The van der Waals surface area contributed by atoms with Crippen molar-refractivity contribution in [1.29, 1.82) is 0 Å². The van der Waals surface area contributed by atoms with Crippen molar-refractivity contribution in [3.8, 4) is 0 Å². The zero-order chi connectivity index (χ0) is 15.5. The predicted molar refractivity (Wildman–Crippen MR) is 103 cm³/mol. The van der Waals surface area contributed by atoms with Gasteiger partial charge in [-0.15, -0.1) is 24.0 Å². The zero-order valence-electron chi connectivity index (χ0n) is 14.2. The van der Waals surface area contributed by atoms with Gasteiger partial charge < -0.3 is 24.8 Å². The lowest BCUT2D eigenvalue weighted by molar-refractivity contribution is 0.0168. The number of aliphatic imine (C=N–C) groups is 1. The zero-order valence-corrected chi connectivity index (χ0v) is 16.6. The minimum atomic E-state index is 0. The van der Waals surface area contributed by atoms with Gasteiger partial charge in [0.2, 0.25) is 0 Å². The third-order valence-corrected chi connectivity index (χ3v) is 3.91. The number of hydrogen-bond donors (Lipinski definition) is 2. The topological polar surface area (TPSA) is 64.1 Å². The van der Waals surface area contributed by atoms with Gasteiger partial charge in [-0.25, -0.2) is 0 Å². The van der Waals surface area contributed by atoms with Crippen LogP contribution in [-0.2, 0) is 14.2 Å². The van der Waals surface area contributed by atoms with E-state index in [4.69, 9.17) is 14.2 Å². The molecule has 0 radical (unpaired) electrons. The third-order valence-electron chi connectivity index (χ3n) is 3.91. The maximum atomic E-state index is 5.66. The molecule has 0 spiro atoms. The third kappa shape index (κ3) is 9.07. The van der Waals surface area contributed by atoms with Crippen molar-refractivity contribution in [2.24, 2.45) is 4.99 Å². The standard InChI is InChI=1S/C16H31N3O3.HI/c1-2-17-16(19-12-14-6-3-10-21-14)18-8-5-9-20-13-15-7-4-11-22-15;/h14-15H,2-13H2,1H3,(H2,17,18,19);1H. The Morgan fingerprint density at radius 2 is 1.87 bits per heavy atom. The number of hydrogen-bond acceptors (Lipinski definition) is 4. The molecule has 2 N–H and O–H groups in total. The SMILES string of the molecule is CCNC(=NCC1CCCO1)NCCCOCC1CCCO1.I. The summed E-state index contributed by atoms with van der Waals surface area (Å²) in [6.45, 7) is 7.81. The van der Waals surface area contributed by atoms with Crippen molar-refractivity contribution in [3.63, 3.8) is 0 Å². The van der Waals surface area contributed by atoms with Gasteiger partial charge in [-0.2, -0.15) is 0 Å². The van der Waals surface area contributed by atoms with Crippen molar-refractivity contribution >= 4 is 29.9 Å². The van der Waals surface area contributed by atoms with Gasteiger partial charge in [0.1, 0.15) is 0 Å². The van der Waals surface area contributed by atoms with Crippen LogP contribution in [0.2, 0.25) is 0 Å². The minimum Gasteiger partial charge on any atom is -0.379 e. The molecule has 2 saturated heterocycles. The molecule has 0 saturated carbocycles. The van der Waals surface area contributed by atoms with Gasteiger partial charge in [0.15, 0.2) is 5.96 Å². The molecule has 2 atom stereocenters. The molecule has 7 heteroatoms. The summed E-state index contributed by atoms with van der Waals surface area (Å²) in [5.41, 5.74) is 0. The minimum absolute atomic E-state index is 0. The molecule has 0 aromatic carbocycles. The number of halogens is 1. The Hall–Kier alpha value is -0.120. The fourth-order valence-electron chi connectivity index (χ4n) is 2.69. The highest BCUT2D eigenvalue weighted by molar-refractivity contribution is 14.0. The molecule has 136 valence electrons. The lowest BCUT2D eigenvalue weighted by Crippen LogP contribution is -2.38. The summed E-state index contributed by atoms with van der Waals surface area (Å²) >= 11 is 0. The Balaban J connectivity index is 0.00000264. The van der Waals surface area contributed by atoms with E-state index in [9.17, 15) is 0 Å². The first-order valence-corrected chi connectivity index (χ1v) is 8.71. The van der Waals surface area contributed by atoms with Crippen LogP contribution in [0.5, 0.6) is 0 Å². The normalized spacial score (nSPS) is 24.5. The number of guanidine groups is 1. The summed E-state index contributed by atoms with van der Waals surface area (Å²) in [4.78, 5) is 4.58. The molecule has 0 aliphatic carbocycles.